The van der Waals surface area contributed by atoms with Gasteiger partial charge in [0.1, 0.15) is 11.3 Å². The summed E-state index contributed by atoms with van der Waals surface area (Å²) in [6.07, 6.45) is 0. The fraction of sp³-hybridized carbons (Fsp3) is 0.182. The fourth-order valence-electron chi connectivity index (χ4n) is 1.16. The summed E-state index contributed by atoms with van der Waals surface area (Å²) in [5.74, 6) is 4.49. The van der Waals surface area contributed by atoms with Crippen molar-refractivity contribution in [2.75, 3.05) is 13.7 Å². The largest absolute Gasteiger partial charge is 0.496 e. The molecule has 0 heterocycles. The molecule has 0 aliphatic rings. The Balaban J connectivity index is 3.02. The van der Waals surface area contributed by atoms with Gasteiger partial charge < -0.3 is 9.84 Å². The minimum atomic E-state index is -1.08. The Bertz CT molecular complexity index is 537. The van der Waals surface area contributed by atoms with Crippen LogP contribution in [0.5, 0.6) is 5.75 Å². The number of methoxy groups -OCH3 is 1. The number of carboxylic acid groups (broad SMARTS) is 1. The highest BCUT2D eigenvalue weighted by atomic mass is 16.5. The van der Waals surface area contributed by atoms with Crippen molar-refractivity contribution in [1.82, 2.24) is 0 Å². The van der Waals surface area contributed by atoms with E-state index in [4.69, 9.17) is 15.4 Å². The molecule has 0 aromatic heterocycles. The number of hydrogen-bond donors (Lipinski definition) is 1. The van der Waals surface area contributed by atoms with Crippen LogP contribution in [0.1, 0.15) is 15.9 Å². The average Bonchev–Trinajstić information content (AvgIpc) is 2.34. The van der Waals surface area contributed by atoms with Crippen LogP contribution in [0.25, 0.3) is 10.4 Å². The SMILES string of the molecule is COc1ccc(C#CCN=[N+]=[N-])cc1C(=O)O. The first-order chi connectivity index (χ1) is 8.19. The molecule has 6 heteroatoms. The Hall–Kier alpha value is -2.64. The summed E-state index contributed by atoms with van der Waals surface area (Å²) in [5, 5.41) is 12.2. The lowest BCUT2D eigenvalue weighted by atomic mass is 10.1. The number of carboxylic acids is 1. The van der Waals surface area contributed by atoms with Crippen molar-refractivity contribution in [3.8, 4) is 17.6 Å². The lowest BCUT2D eigenvalue weighted by Gasteiger charge is -2.04. The van der Waals surface area contributed by atoms with Gasteiger partial charge in [0, 0.05) is 10.5 Å². The molecule has 1 aromatic carbocycles. The molecule has 0 spiro atoms. The zero-order chi connectivity index (χ0) is 12.7. The van der Waals surface area contributed by atoms with Gasteiger partial charge in [0.25, 0.3) is 0 Å². The summed E-state index contributed by atoms with van der Waals surface area (Å²) < 4.78 is 4.91. The van der Waals surface area contributed by atoms with Gasteiger partial charge in [-0.3, -0.25) is 0 Å². The molecule has 0 aliphatic carbocycles. The molecule has 0 bridgehead atoms. The standard InChI is InChI=1S/C11H9N3O3/c1-17-10-5-4-8(3-2-6-13-14-12)7-9(10)11(15)16/h4-5,7H,6H2,1H3,(H,15,16). The minimum Gasteiger partial charge on any atom is -0.496 e. The third-order valence-electron chi connectivity index (χ3n) is 1.88. The normalized spacial score (nSPS) is 8.53. The number of rotatable bonds is 3. The van der Waals surface area contributed by atoms with E-state index < -0.39 is 5.97 Å². The molecule has 0 atom stereocenters. The number of ether oxygens (including phenoxy) is 1. The summed E-state index contributed by atoms with van der Waals surface area (Å²) in [4.78, 5) is 13.5. The van der Waals surface area contributed by atoms with Crippen LogP contribution in [0.3, 0.4) is 0 Å². The third kappa shape index (κ3) is 3.45. The Morgan fingerprint density at radius 3 is 3.00 bits per heavy atom. The van der Waals surface area contributed by atoms with Gasteiger partial charge in [-0.15, -0.1) is 0 Å². The lowest BCUT2D eigenvalue weighted by molar-refractivity contribution is 0.0693. The number of nitrogens with zero attached hydrogens (tertiary/aromatic N) is 3. The molecular formula is C11H9N3O3. The van der Waals surface area contributed by atoms with Crippen molar-refractivity contribution < 1.29 is 14.6 Å². The monoisotopic (exact) mass is 231 g/mol. The van der Waals surface area contributed by atoms with E-state index in [1.807, 2.05) is 0 Å². The Labute approximate surface area is 97.5 Å². The summed E-state index contributed by atoms with van der Waals surface area (Å²) in [6, 6.07) is 4.57. The number of hydrogen-bond acceptors (Lipinski definition) is 3. The van der Waals surface area contributed by atoms with Crippen molar-refractivity contribution in [3.05, 3.63) is 39.8 Å². The zero-order valence-electron chi connectivity index (χ0n) is 9.04. The molecule has 0 saturated carbocycles. The third-order valence-corrected chi connectivity index (χ3v) is 1.88. The summed E-state index contributed by atoms with van der Waals surface area (Å²) in [5.41, 5.74) is 8.61. The molecule has 0 fully saturated rings. The van der Waals surface area contributed by atoms with Gasteiger partial charge in [-0.1, -0.05) is 17.0 Å². The number of aromatic carboxylic acids is 1. The van der Waals surface area contributed by atoms with E-state index in [1.165, 1.54) is 19.2 Å². The quantitative estimate of drug-likeness (QED) is 0.373. The predicted molar refractivity (Wildman–Crippen MR) is 60.8 cm³/mol. The number of azide groups is 1. The van der Waals surface area contributed by atoms with Crippen LogP contribution in [0, 0.1) is 11.8 Å². The van der Waals surface area contributed by atoms with E-state index in [1.54, 1.807) is 6.07 Å². The van der Waals surface area contributed by atoms with Gasteiger partial charge in [-0.2, -0.15) is 0 Å². The summed E-state index contributed by atoms with van der Waals surface area (Å²) in [6.45, 7) is 0.0466. The Morgan fingerprint density at radius 1 is 1.65 bits per heavy atom. The maximum atomic E-state index is 10.9. The topological polar surface area (TPSA) is 95.3 Å². The van der Waals surface area contributed by atoms with Gasteiger partial charge >= 0.3 is 5.97 Å². The highest BCUT2D eigenvalue weighted by Gasteiger charge is 2.10. The zero-order valence-corrected chi connectivity index (χ0v) is 9.04. The Morgan fingerprint density at radius 2 is 2.41 bits per heavy atom. The molecule has 1 rings (SSSR count). The maximum Gasteiger partial charge on any atom is 0.339 e. The molecule has 0 saturated heterocycles. The average molecular weight is 231 g/mol. The van der Waals surface area contributed by atoms with Gasteiger partial charge in [-0.25, -0.2) is 4.79 Å². The van der Waals surface area contributed by atoms with Crippen LogP contribution < -0.4 is 4.74 Å². The first kappa shape index (κ1) is 12.4. The van der Waals surface area contributed by atoms with Crippen LogP contribution >= 0.6 is 0 Å². The van der Waals surface area contributed by atoms with E-state index in [9.17, 15) is 4.79 Å². The second kappa shape index (κ2) is 6.05. The van der Waals surface area contributed by atoms with Crippen LogP contribution in [0.4, 0.5) is 0 Å². The highest BCUT2D eigenvalue weighted by Crippen LogP contribution is 2.19. The van der Waals surface area contributed by atoms with Crippen LogP contribution in [-0.2, 0) is 0 Å². The molecule has 6 nitrogen and oxygen atoms in total. The van der Waals surface area contributed by atoms with Crippen molar-refractivity contribution in [1.29, 1.82) is 0 Å². The number of benzene rings is 1. The molecule has 1 N–H and O–H groups in total. The lowest BCUT2D eigenvalue weighted by Crippen LogP contribution is -2.00. The predicted octanol–water partition coefficient (Wildman–Crippen LogP) is 2.06. The second-order valence-electron chi connectivity index (χ2n) is 2.91. The first-order valence-corrected chi connectivity index (χ1v) is 4.60. The molecule has 0 amide bonds. The Kier molecular flexibility index (Phi) is 4.43. The van der Waals surface area contributed by atoms with Gasteiger partial charge in [-0.05, 0) is 23.7 Å². The summed E-state index contributed by atoms with van der Waals surface area (Å²) in [7, 11) is 1.40. The van der Waals surface area contributed by atoms with E-state index in [-0.39, 0.29) is 17.9 Å². The van der Waals surface area contributed by atoms with E-state index >= 15 is 0 Å². The van der Waals surface area contributed by atoms with Crippen molar-refractivity contribution in [2.45, 2.75) is 0 Å². The molecule has 1 aromatic rings. The first-order valence-electron chi connectivity index (χ1n) is 4.60. The maximum absolute atomic E-state index is 10.9. The van der Waals surface area contributed by atoms with Gasteiger partial charge in [0.05, 0.1) is 13.7 Å². The molecule has 0 radical (unpaired) electrons. The minimum absolute atomic E-state index is 0.0445. The van der Waals surface area contributed by atoms with E-state index in [0.29, 0.717) is 5.56 Å². The molecule has 0 aliphatic heterocycles. The molecule has 17 heavy (non-hydrogen) atoms. The second-order valence-corrected chi connectivity index (χ2v) is 2.91. The smallest absolute Gasteiger partial charge is 0.339 e. The van der Waals surface area contributed by atoms with E-state index in [0.717, 1.165) is 0 Å². The van der Waals surface area contributed by atoms with Gasteiger partial charge in [0.15, 0.2) is 0 Å². The highest BCUT2D eigenvalue weighted by molar-refractivity contribution is 5.91. The van der Waals surface area contributed by atoms with Crippen LogP contribution in [0.15, 0.2) is 23.3 Å². The molecular weight excluding hydrogens is 222 g/mol. The van der Waals surface area contributed by atoms with Crippen molar-refractivity contribution >= 4 is 5.97 Å². The fourth-order valence-corrected chi connectivity index (χ4v) is 1.16. The van der Waals surface area contributed by atoms with Gasteiger partial charge in [0.2, 0.25) is 0 Å². The van der Waals surface area contributed by atoms with Crippen molar-refractivity contribution in [3.63, 3.8) is 0 Å². The van der Waals surface area contributed by atoms with Crippen LogP contribution in [-0.4, -0.2) is 24.7 Å². The number of carbonyl (C=O) groups is 1. The molecule has 0 unspecified atom stereocenters. The van der Waals surface area contributed by atoms with Crippen molar-refractivity contribution in [2.24, 2.45) is 5.11 Å². The summed E-state index contributed by atoms with van der Waals surface area (Å²) >= 11 is 0. The molecule has 86 valence electrons. The van der Waals surface area contributed by atoms with E-state index in [2.05, 4.69) is 21.9 Å². The van der Waals surface area contributed by atoms with Crippen LogP contribution in [0.2, 0.25) is 0 Å².